The molecule has 1 saturated carbocycles. The third kappa shape index (κ3) is 9.50. The molecule has 7 atom stereocenters. The summed E-state index contributed by atoms with van der Waals surface area (Å²) in [4.78, 5) is 23.0. The van der Waals surface area contributed by atoms with Crippen molar-refractivity contribution in [1.29, 1.82) is 0 Å². The standard InChI is InChI=1S/C42H57N3O8S/c1-3-23-50-42-37(54-25-18-29-16-19-43-20-17-29)28-35(45-53-38-13-7-10-24-49-38)33-26-30(11-5-8-21-46)32(12-6-9-22-47)39(40(33)42)34-27-31(14-15-36(34)52-42)51-41(48)44-4-2/h3,14-17,19-20,26-27,30,32,37-40,46-47H,1,4-13,18,21-25,28H2,2H3,(H,44,48)/t30-,32+,37-,38?,39+,40+,42+/m0/s1. The zero-order valence-electron chi connectivity index (χ0n) is 31.5. The van der Waals surface area contributed by atoms with Gasteiger partial charge in [0.25, 0.3) is 0 Å². The Morgan fingerprint density at radius 1 is 1.13 bits per heavy atom. The number of aromatic nitrogens is 1. The number of carbonyl (C=O) groups is 1. The van der Waals surface area contributed by atoms with Crippen LogP contribution < -0.4 is 14.8 Å². The number of unbranched alkanes of at least 4 members (excludes halogenated alkanes) is 2. The summed E-state index contributed by atoms with van der Waals surface area (Å²) >= 11 is 1.83. The van der Waals surface area contributed by atoms with Gasteiger partial charge in [0, 0.05) is 56.5 Å². The van der Waals surface area contributed by atoms with E-state index in [4.69, 9.17) is 28.9 Å². The van der Waals surface area contributed by atoms with Crippen LogP contribution in [0.2, 0.25) is 0 Å². The number of aryl methyl sites for hydroxylation is 1. The zero-order valence-corrected chi connectivity index (χ0v) is 32.4. The molecule has 11 nitrogen and oxygen atoms in total. The van der Waals surface area contributed by atoms with Crippen LogP contribution in [-0.4, -0.2) is 83.1 Å². The summed E-state index contributed by atoms with van der Waals surface area (Å²) in [6.07, 6.45) is 16.0. The van der Waals surface area contributed by atoms with Gasteiger partial charge < -0.3 is 39.3 Å². The van der Waals surface area contributed by atoms with E-state index in [2.05, 4.69) is 35.1 Å². The molecule has 1 saturated heterocycles. The Morgan fingerprint density at radius 3 is 2.69 bits per heavy atom. The van der Waals surface area contributed by atoms with Crippen LogP contribution in [0.3, 0.4) is 0 Å². The number of nitrogens with one attached hydrogen (secondary N) is 1. The normalized spacial score (nSPS) is 27.9. The Labute approximate surface area is 323 Å². The lowest BCUT2D eigenvalue weighted by molar-refractivity contribution is -0.223. The number of amides is 1. The third-order valence-electron chi connectivity index (χ3n) is 11.0. The molecule has 0 radical (unpaired) electrons. The Balaban J connectivity index is 1.49. The van der Waals surface area contributed by atoms with Crippen LogP contribution in [0.4, 0.5) is 4.79 Å². The first kappa shape index (κ1) is 40.2. The summed E-state index contributed by atoms with van der Waals surface area (Å²) in [5.74, 6) is 0.803. The lowest BCUT2D eigenvalue weighted by atomic mass is 9.56. The van der Waals surface area contributed by atoms with Crippen molar-refractivity contribution >= 4 is 23.6 Å². The molecule has 1 unspecified atom stereocenters. The number of aliphatic hydroxyl groups is 2. The number of benzene rings is 1. The van der Waals surface area contributed by atoms with Gasteiger partial charge in [-0.15, -0.1) is 6.58 Å². The SMILES string of the molecule is C=CCO[C@@]12Oc3ccc(OC(=O)NCC)cc3[C@H]3[C@H](CCCCO)[C@@H](CCCCO)C=C(C(=NOC4CCCCO4)C[C@@H]1SCCc1ccncc1)[C@H]32. The highest BCUT2D eigenvalue weighted by Crippen LogP contribution is 2.62. The van der Waals surface area contributed by atoms with E-state index in [-0.39, 0.29) is 42.1 Å². The van der Waals surface area contributed by atoms with E-state index in [1.165, 1.54) is 5.56 Å². The average molecular weight is 764 g/mol. The maximum atomic E-state index is 12.6. The van der Waals surface area contributed by atoms with E-state index in [1.54, 1.807) is 12.1 Å². The van der Waals surface area contributed by atoms with Gasteiger partial charge in [0.05, 0.1) is 30.1 Å². The largest absolute Gasteiger partial charge is 0.460 e. The summed E-state index contributed by atoms with van der Waals surface area (Å²) in [6, 6.07) is 9.76. The molecule has 3 heterocycles. The summed E-state index contributed by atoms with van der Waals surface area (Å²) in [5.41, 5.74) is 4.10. The smallest absolute Gasteiger partial charge is 0.412 e. The van der Waals surface area contributed by atoms with Gasteiger partial charge in [-0.25, -0.2) is 4.79 Å². The first-order valence-corrected chi connectivity index (χ1v) is 20.9. The van der Waals surface area contributed by atoms with Gasteiger partial charge in [-0.1, -0.05) is 30.1 Å². The van der Waals surface area contributed by atoms with Gasteiger partial charge in [-0.05, 0) is 111 Å². The van der Waals surface area contributed by atoms with Crippen molar-refractivity contribution in [3.05, 3.63) is 78.2 Å². The van der Waals surface area contributed by atoms with Crippen LogP contribution >= 0.6 is 11.8 Å². The minimum absolute atomic E-state index is 0.103. The minimum atomic E-state index is -1.08. The lowest BCUT2D eigenvalue weighted by Gasteiger charge is -2.58. The van der Waals surface area contributed by atoms with Gasteiger partial charge in [0.2, 0.25) is 12.1 Å². The second-order valence-electron chi connectivity index (χ2n) is 14.5. The van der Waals surface area contributed by atoms with E-state index < -0.39 is 18.2 Å². The molecule has 2 aliphatic heterocycles. The summed E-state index contributed by atoms with van der Waals surface area (Å²) in [5, 5.41) is 27.1. The second kappa shape index (κ2) is 20.0. The van der Waals surface area contributed by atoms with Crippen molar-refractivity contribution in [2.45, 2.75) is 101 Å². The number of nitrogens with zero attached hydrogens (tertiary/aromatic N) is 2. The number of ether oxygens (including phenoxy) is 4. The Morgan fingerprint density at radius 2 is 1.94 bits per heavy atom. The van der Waals surface area contributed by atoms with Crippen molar-refractivity contribution in [3.63, 3.8) is 0 Å². The maximum Gasteiger partial charge on any atom is 0.412 e. The van der Waals surface area contributed by atoms with E-state index in [9.17, 15) is 15.0 Å². The highest BCUT2D eigenvalue weighted by atomic mass is 32.2. The molecule has 2 aromatic rings. The Bertz CT molecular complexity index is 1580. The molecule has 0 bridgehead atoms. The van der Waals surface area contributed by atoms with E-state index in [0.29, 0.717) is 50.5 Å². The molecule has 6 rings (SSSR count). The number of pyridine rings is 1. The molecular weight excluding hydrogens is 707 g/mol. The molecule has 1 aromatic carbocycles. The fourth-order valence-electron chi connectivity index (χ4n) is 8.61. The molecule has 294 valence electrons. The highest BCUT2D eigenvalue weighted by Gasteiger charge is 2.64. The van der Waals surface area contributed by atoms with Crippen molar-refractivity contribution in [3.8, 4) is 11.5 Å². The number of fused-ring (bicyclic) bond motifs is 2. The number of allylic oxidation sites excluding steroid dienone is 1. The van der Waals surface area contributed by atoms with Crippen molar-refractivity contribution in [1.82, 2.24) is 10.3 Å². The Kier molecular flexibility index (Phi) is 14.9. The summed E-state index contributed by atoms with van der Waals surface area (Å²) in [7, 11) is 0. The van der Waals surface area contributed by atoms with Crippen LogP contribution in [0, 0.1) is 17.8 Å². The third-order valence-corrected chi connectivity index (χ3v) is 12.4. The molecule has 3 N–H and O–H groups in total. The fraction of sp³-hybridized carbons (Fsp3) is 0.595. The predicted molar refractivity (Wildman–Crippen MR) is 210 cm³/mol. The summed E-state index contributed by atoms with van der Waals surface area (Å²) < 4.78 is 26.0. The minimum Gasteiger partial charge on any atom is -0.460 e. The van der Waals surface area contributed by atoms with Crippen LogP contribution in [0.25, 0.3) is 0 Å². The Hall–Kier alpha value is -3.42. The molecule has 1 amide bonds. The molecule has 54 heavy (non-hydrogen) atoms. The summed E-state index contributed by atoms with van der Waals surface area (Å²) in [6.45, 7) is 7.55. The number of carbonyl (C=O) groups excluding carboxylic acids is 1. The number of aliphatic hydroxyl groups excluding tert-OH is 2. The van der Waals surface area contributed by atoms with Gasteiger partial charge in [0.15, 0.2) is 0 Å². The van der Waals surface area contributed by atoms with Crippen molar-refractivity contribution < 1.29 is 38.8 Å². The number of hydrogen-bond donors (Lipinski definition) is 3. The van der Waals surface area contributed by atoms with Crippen molar-refractivity contribution in [2.75, 3.05) is 38.7 Å². The van der Waals surface area contributed by atoms with Crippen LogP contribution in [0.1, 0.15) is 88.2 Å². The quantitative estimate of drug-likeness (QED) is 0.0757. The van der Waals surface area contributed by atoms with Gasteiger partial charge in [-0.3, -0.25) is 4.98 Å². The van der Waals surface area contributed by atoms with Gasteiger partial charge in [-0.2, -0.15) is 11.8 Å². The van der Waals surface area contributed by atoms with E-state index >= 15 is 0 Å². The zero-order chi connectivity index (χ0) is 37.8. The molecular formula is C42H57N3O8S. The molecule has 2 fully saturated rings. The molecule has 12 heteroatoms. The highest BCUT2D eigenvalue weighted by molar-refractivity contribution is 8.00. The lowest BCUT2D eigenvalue weighted by Crippen LogP contribution is -2.64. The first-order chi connectivity index (χ1) is 26.5. The number of rotatable bonds is 19. The molecule has 1 aromatic heterocycles. The molecule has 2 aliphatic carbocycles. The second-order valence-corrected chi connectivity index (χ2v) is 15.9. The van der Waals surface area contributed by atoms with Crippen LogP contribution in [0.5, 0.6) is 11.5 Å². The molecule has 0 spiro atoms. The number of oxime groups is 1. The van der Waals surface area contributed by atoms with E-state index in [1.807, 2.05) is 43.2 Å². The molecule has 4 aliphatic rings. The average Bonchev–Trinajstić information content (AvgIpc) is 3.19. The first-order valence-electron chi connectivity index (χ1n) is 19.8. The topological polar surface area (TPSA) is 141 Å². The van der Waals surface area contributed by atoms with Gasteiger partial charge >= 0.3 is 6.09 Å². The van der Waals surface area contributed by atoms with E-state index in [0.717, 1.165) is 74.0 Å². The fourth-order valence-corrected chi connectivity index (χ4v) is 10.0. The monoisotopic (exact) mass is 763 g/mol. The van der Waals surface area contributed by atoms with Crippen molar-refractivity contribution in [2.24, 2.45) is 22.9 Å². The van der Waals surface area contributed by atoms with Crippen LogP contribution in [0.15, 0.2) is 72.2 Å². The number of thioether (sulfide) groups is 1. The van der Waals surface area contributed by atoms with Gasteiger partial charge in [0.1, 0.15) is 11.5 Å². The maximum absolute atomic E-state index is 12.6. The number of hydrogen-bond acceptors (Lipinski definition) is 11. The predicted octanol–water partition coefficient (Wildman–Crippen LogP) is 7.33. The van der Waals surface area contributed by atoms with Crippen LogP contribution in [-0.2, 0) is 20.7 Å².